The topological polar surface area (TPSA) is 71.3 Å². The normalized spacial score (nSPS) is 10.3. The largest absolute Gasteiger partial charge is 0.478 e. The van der Waals surface area contributed by atoms with E-state index in [0.717, 1.165) is 4.47 Å². The number of amides is 1. The van der Waals surface area contributed by atoms with Crippen molar-refractivity contribution in [3.8, 4) is 0 Å². The zero-order valence-corrected chi connectivity index (χ0v) is 13.3. The van der Waals surface area contributed by atoms with Crippen LogP contribution in [0.4, 0.5) is 5.69 Å². The SMILES string of the molecule is O=C(Cn1cc(C(=O)O)cc1Br)Nc1ccccc1Br. The second kappa shape index (κ2) is 6.23. The molecule has 0 atom stereocenters. The maximum atomic E-state index is 11.9. The minimum atomic E-state index is -1.03. The number of halogens is 2. The summed E-state index contributed by atoms with van der Waals surface area (Å²) in [5.74, 6) is -1.28. The van der Waals surface area contributed by atoms with Crippen LogP contribution >= 0.6 is 31.9 Å². The Kier molecular flexibility index (Phi) is 4.61. The molecule has 5 nitrogen and oxygen atoms in total. The van der Waals surface area contributed by atoms with Gasteiger partial charge < -0.3 is 15.0 Å². The molecule has 2 aromatic rings. The highest BCUT2D eigenvalue weighted by Gasteiger charge is 2.12. The quantitative estimate of drug-likeness (QED) is 0.825. The molecule has 2 N–H and O–H groups in total. The number of anilines is 1. The Morgan fingerprint density at radius 3 is 2.55 bits per heavy atom. The van der Waals surface area contributed by atoms with Crippen molar-refractivity contribution < 1.29 is 14.7 Å². The van der Waals surface area contributed by atoms with Crippen LogP contribution in [0.3, 0.4) is 0 Å². The van der Waals surface area contributed by atoms with Crippen LogP contribution in [-0.2, 0) is 11.3 Å². The summed E-state index contributed by atoms with van der Waals surface area (Å²) >= 11 is 6.56. The third kappa shape index (κ3) is 3.49. The molecule has 1 heterocycles. The van der Waals surface area contributed by atoms with Gasteiger partial charge >= 0.3 is 5.97 Å². The van der Waals surface area contributed by atoms with E-state index >= 15 is 0 Å². The van der Waals surface area contributed by atoms with E-state index < -0.39 is 5.97 Å². The van der Waals surface area contributed by atoms with Crippen LogP contribution in [0.15, 0.2) is 45.6 Å². The Bertz CT molecular complexity index is 667. The molecule has 0 saturated carbocycles. The summed E-state index contributed by atoms with van der Waals surface area (Å²) in [6, 6.07) is 8.71. The fourth-order valence-electron chi connectivity index (χ4n) is 1.62. The smallest absolute Gasteiger partial charge is 0.337 e. The molecule has 1 amide bonds. The van der Waals surface area contributed by atoms with Crippen LogP contribution in [0.5, 0.6) is 0 Å². The highest BCUT2D eigenvalue weighted by Crippen LogP contribution is 2.21. The lowest BCUT2D eigenvalue weighted by molar-refractivity contribution is -0.116. The Morgan fingerprint density at radius 1 is 1.25 bits per heavy atom. The summed E-state index contributed by atoms with van der Waals surface area (Å²) in [6.07, 6.45) is 1.41. The fraction of sp³-hybridized carbons (Fsp3) is 0.0769. The summed E-state index contributed by atoms with van der Waals surface area (Å²) in [5.41, 5.74) is 0.796. The van der Waals surface area contributed by atoms with Gasteiger partial charge in [-0.3, -0.25) is 4.79 Å². The van der Waals surface area contributed by atoms with Crippen molar-refractivity contribution in [1.82, 2.24) is 4.57 Å². The van der Waals surface area contributed by atoms with Gasteiger partial charge in [0.25, 0.3) is 0 Å². The van der Waals surface area contributed by atoms with Crippen LogP contribution in [-0.4, -0.2) is 21.6 Å². The molecule has 1 aromatic carbocycles. The highest BCUT2D eigenvalue weighted by atomic mass is 79.9. The average Bonchev–Trinajstić information content (AvgIpc) is 2.74. The molecule has 0 radical (unpaired) electrons. The third-order valence-corrected chi connectivity index (χ3v) is 3.93. The van der Waals surface area contributed by atoms with E-state index in [9.17, 15) is 9.59 Å². The number of nitrogens with one attached hydrogen (secondary N) is 1. The Morgan fingerprint density at radius 2 is 1.95 bits per heavy atom. The fourth-order valence-corrected chi connectivity index (χ4v) is 2.48. The monoisotopic (exact) mass is 400 g/mol. The average molecular weight is 402 g/mol. The lowest BCUT2D eigenvalue weighted by Crippen LogP contribution is -2.18. The first-order chi connectivity index (χ1) is 9.47. The molecule has 20 heavy (non-hydrogen) atoms. The van der Waals surface area contributed by atoms with E-state index in [4.69, 9.17) is 5.11 Å². The summed E-state index contributed by atoms with van der Waals surface area (Å²) in [4.78, 5) is 22.8. The van der Waals surface area contributed by atoms with Gasteiger partial charge in [-0.25, -0.2) is 4.79 Å². The van der Waals surface area contributed by atoms with Gasteiger partial charge in [0.15, 0.2) is 0 Å². The van der Waals surface area contributed by atoms with Crippen LogP contribution in [0, 0.1) is 0 Å². The van der Waals surface area contributed by atoms with E-state index in [2.05, 4.69) is 37.2 Å². The molecule has 0 aliphatic rings. The van der Waals surface area contributed by atoms with Crippen molar-refractivity contribution in [3.63, 3.8) is 0 Å². The van der Waals surface area contributed by atoms with E-state index in [-0.39, 0.29) is 18.0 Å². The summed E-state index contributed by atoms with van der Waals surface area (Å²) in [5, 5.41) is 11.6. The second-order valence-corrected chi connectivity index (χ2v) is 5.68. The zero-order valence-electron chi connectivity index (χ0n) is 10.1. The van der Waals surface area contributed by atoms with Crippen LogP contribution < -0.4 is 5.32 Å². The van der Waals surface area contributed by atoms with Gasteiger partial charge in [0.2, 0.25) is 5.91 Å². The van der Waals surface area contributed by atoms with Crippen molar-refractivity contribution in [1.29, 1.82) is 0 Å². The number of hydrogen-bond acceptors (Lipinski definition) is 2. The number of aromatic carboxylic acids is 1. The minimum absolute atomic E-state index is 0.0230. The summed E-state index contributed by atoms with van der Waals surface area (Å²) < 4.78 is 2.85. The van der Waals surface area contributed by atoms with E-state index in [1.54, 1.807) is 6.07 Å². The summed E-state index contributed by atoms with van der Waals surface area (Å²) in [7, 11) is 0. The first-order valence-corrected chi connectivity index (χ1v) is 7.19. The molecule has 0 aliphatic heterocycles. The van der Waals surface area contributed by atoms with Crippen molar-refractivity contribution in [2.24, 2.45) is 0 Å². The number of para-hydroxylation sites is 1. The number of hydrogen-bond donors (Lipinski definition) is 2. The molecular formula is C13H10Br2N2O3. The molecule has 0 fully saturated rings. The van der Waals surface area contributed by atoms with Crippen molar-refractivity contribution in [2.75, 3.05) is 5.32 Å². The minimum Gasteiger partial charge on any atom is -0.478 e. The van der Waals surface area contributed by atoms with Gasteiger partial charge in [-0.05, 0) is 50.1 Å². The Hall–Kier alpha value is -1.60. The van der Waals surface area contributed by atoms with Gasteiger partial charge in [0.05, 0.1) is 15.9 Å². The number of benzene rings is 1. The second-order valence-electron chi connectivity index (χ2n) is 4.01. The first kappa shape index (κ1) is 14.8. The number of rotatable bonds is 4. The molecule has 0 spiro atoms. The maximum absolute atomic E-state index is 11.9. The standard InChI is InChI=1S/C13H10Br2N2O3/c14-9-3-1-2-4-10(9)16-12(18)7-17-6-8(13(19)20)5-11(17)15/h1-6H,7H2,(H,16,18)(H,19,20). The lowest BCUT2D eigenvalue weighted by Gasteiger charge is -2.08. The molecule has 2 rings (SSSR count). The van der Waals surface area contributed by atoms with Gasteiger partial charge in [-0.15, -0.1) is 0 Å². The Balaban J connectivity index is 2.09. The number of carboxylic acids is 1. The zero-order chi connectivity index (χ0) is 14.7. The number of carbonyl (C=O) groups excluding carboxylic acids is 1. The molecule has 104 valence electrons. The molecule has 1 aromatic heterocycles. The number of carbonyl (C=O) groups is 2. The maximum Gasteiger partial charge on any atom is 0.337 e. The third-order valence-electron chi connectivity index (χ3n) is 2.55. The van der Waals surface area contributed by atoms with E-state index in [1.165, 1.54) is 16.8 Å². The van der Waals surface area contributed by atoms with Gasteiger partial charge in [0.1, 0.15) is 6.54 Å². The van der Waals surface area contributed by atoms with Crippen molar-refractivity contribution in [3.05, 3.63) is 51.2 Å². The Labute approximate surface area is 131 Å². The predicted molar refractivity (Wildman–Crippen MR) is 81.9 cm³/mol. The van der Waals surface area contributed by atoms with Gasteiger partial charge in [-0.2, -0.15) is 0 Å². The van der Waals surface area contributed by atoms with Gasteiger partial charge in [-0.1, -0.05) is 12.1 Å². The number of carboxylic acid groups (broad SMARTS) is 1. The van der Waals surface area contributed by atoms with Crippen molar-refractivity contribution in [2.45, 2.75) is 6.54 Å². The summed E-state index contributed by atoms with van der Waals surface area (Å²) in [6.45, 7) is 0.0230. The van der Waals surface area contributed by atoms with Crippen LogP contribution in [0.25, 0.3) is 0 Å². The molecule has 0 unspecified atom stereocenters. The van der Waals surface area contributed by atoms with Crippen LogP contribution in [0.2, 0.25) is 0 Å². The molecule has 0 aliphatic carbocycles. The first-order valence-electron chi connectivity index (χ1n) is 5.60. The number of nitrogens with zero attached hydrogens (tertiary/aromatic N) is 1. The molecule has 0 saturated heterocycles. The van der Waals surface area contributed by atoms with E-state index in [1.807, 2.05) is 18.2 Å². The lowest BCUT2D eigenvalue weighted by atomic mass is 10.3. The molecule has 7 heteroatoms. The van der Waals surface area contributed by atoms with E-state index in [0.29, 0.717) is 10.3 Å². The predicted octanol–water partition coefficient (Wildman–Crippen LogP) is 3.35. The molecular weight excluding hydrogens is 392 g/mol. The van der Waals surface area contributed by atoms with Gasteiger partial charge in [0, 0.05) is 10.7 Å². The van der Waals surface area contributed by atoms with Crippen LogP contribution in [0.1, 0.15) is 10.4 Å². The number of aromatic nitrogens is 1. The molecule has 0 bridgehead atoms. The van der Waals surface area contributed by atoms with Crippen molar-refractivity contribution >= 4 is 49.4 Å². The highest BCUT2D eigenvalue weighted by molar-refractivity contribution is 9.10.